The van der Waals surface area contributed by atoms with E-state index in [2.05, 4.69) is 10.3 Å². The summed E-state index contributed by atoms with van der Waals surface area (Å²) in [6, 6.07) is 9.71. The van der Waals surface area contributed by atoms with Crippen LogP contribution in [-0.4, -0.2) is 16.9 Å². The van der Waals surface area contributed by atoms with Gasteiger partial charge in [-0.15, -0.1) is 0 Å². The van der Waals surface area contributed by atoms with Gasteiger partial charge in [0.1, 0.15) is 0 Å². The van der Waals surface area contributed by atoms with Crippen molar-refractivity contribution in [2.24, 2.45) is 0 Å². The molecule has 2 aromatic rings. The molecule has 0 aliphatic heterocycles. The van der Waals surface area contributed by atoms with Gasteiger partial charge in [0, 0.05) is 11.4 Å². The maximum atomic E-state index is 12.2. The predicted octanol–water partition coefficient (Wildman–Crippen LogP) is 2.88. The lowest BCUT2D eigenvalue weighted by Crippen LogP contribution is -2.32. The third-order valence-corrected chi connectivity index (χ3v) is 3.18. The van der Waals surface area contributed by atoms with Gasteiger partial charge in [0.2, 0.25) is 0 Å². The Balaban J connectivity index is 2.36. The fourth-order valence-electron chi connectivity index (χ4n) is 2.11. The normalized spacial score (nSPS) is 11.9. The average molecular weight is 267 g/mol. The molecular formula is C16H17N3O. The number of pyridine rings is 1. The zero-order valence-corrected chi connectivity index (χ0v) is 11.9. The van der Waals surface area contributed by atoms with Gasteiger partial charge >= 0.3 is 0 Å². The van der Waals surface area contributed by atoms with Crippen molar-refractivity contribution in [1.82, 2.24) is 10.3 Å². The lowest BCUT2D eigenvalue weighted by molar-refractivity contribution is 0.0940. The Hall–Kier alpha value is -2.41. The number of aromatic nitrogens is 1. The Morgan fingerprint density at radius 1 is 1.40 bits per heavy atom. The van der Waals surface area contributed by atoms with Crippen molar-refractivity contribution in [1.29, 1.82) is 5.26 Å². The zero-order valence-electron chi connectivity index (χ0n) is 11.9. The Kier molecular flexibility index (Phi) is 3.99. The molecule has 4 nitrogen and oxygen atoms in total. The third kappa shape index (κ3) is 2.94. The molecule has 0 fully saturated rings. The first-order valence-electron chi connectivity index (χ1n) is 6.57. The topological polar surface area (TPSA) is 65.8 Å². The summed E-state index contributed by atoms with van der Waals surface area (Å²) in [5.41, 5.74) is 3.28. The Morgan fingerprint density at radius 2 is 2.15 bits per heavy atom. The number of rotatable bonds is 3. The molecule has 0 aliphatic rings. The molecule has 1 heterocycles. The first kappa shape index (κ1) is 14.0. The van der Waals surface area contributed by atoms with E-state index in [0.717, 1.165) is 16.5 Å². The molecule has 0 bridgehead atoms. The van der Waals surface area contributed by atoms with Gasteiger partial charge in [-0.1, -0.05) is 11.6 Å². The van der Waals surface area contributed by atoms with Gasteiger partial charge in [-0.2, -0.15) is 5.26 Å². The van der Waals surface area contributed by atoms with E-state index >= 15 is 0 Å². The molecule has 0 saturated heterocycles. The SMILES string of the molecule is Cc1ccc2nc(C)c(C(=O)N[C@H](C)CC#N)cc2c1. The van der Waals surface area contributed by atoms with Crippen LogP contribution in [0.5, 0.6) is 0 Å². The number of carbonyl (C=O) groups is 1. The summed E-state index contributed by atoms with van der Waals surface area (Å²) >= 11 is 0. The minimum absolute atomic E-state index is 0.167. The summed E-state index contributed by atoms with van der Waals surface area (Å²) in [5.74, 6) is -0.179. The number of hydrogen-bond acceptors (Lipinski definition) is 3. The molecule has 1 atom stereocenters. The van der Waals surface area contributed by atoms with Crippen molar-refractivity contribution < 1.29 is 4.79 Å². The van der Waals surface area contributed by atoms with Crippen LogP contribution in [0.25, 0.3) is 10.9 Å². The molecule has 0 aliphatic carbocycles. The van der Waals surface area contributed by atoms with Crippen LogP contribution in [0.3, 0.4) is 0 Å². The van der Waals surface area contributed by atoms with Gasteiger partial charge in [-0.25, -0.2) is 0 Å². The minimum Gasteiger partial charge on any atom is -0.348 e. The van der Waals surface area contributed by atoms with E-state index in [4.69, 9.17) is 5.26 Å². The van der Waals surface area contributed by atoms with Crippen LogP contribution in [0.15, 0.2) is 24.3 Å². The van der Waals surface area contributed by atoms with Crippen molar-refractivity contribution in [3.05, 3.63) is 41.1 Å². The summed E-state index contributed by atoms with van der Waals surface area (Å²) in [6.45, 7) is 5.65. The molecule has 1 aromatic heterocycles. The number of nitrogens with zero attached hydrogens (tertiary/aromatic N) is 2. The largest absolute Gasteiger partial charge is 0.348 e. The number of carbonyl (C=O) groups excluding carboxylic acids is 1. The van der Waals surface area contributed by atoms with Gasteiger partial charge in [0.25, 0.3) is 5.91 Å². The molecule has 4 heteroatoms. The highest BCUT2D eigenvalue weighted by molar-refractivity contribution is 5.98. The summed E-state index contributed by atoms with van der Waals surface area (Å²) in [6.07, 6.45) is 0.297. The molecule has 0 radical (unpaired) electrons. The molecule has 2 rings (SSSR count). The molecule has 0 saturated carbocycles. The van der Waals surface area contributed by atoms with Crippen LogP contribution in [-0.2, 0) is 0 Å². The summed E-state index contributed by atoms with van der Waals surface area (Å²) in [5, 5.41) is 12.4. The molecule has 20 heavy (non-hydrogen) atoms. The molecule has 1 aromatic carbocycles. The van der Waals surface area contributed by atoms with Crippen molar-refractivity contribution in [2.45, 2.75) is 33.2 Å². The summed E-state index contributed by atoms with van der Waals surface area (Å²) < 4.78 is 0. The standard InChI is InChI=1S/C16H17N3O/c1-10-4-5-15-13(8-10)9-14(12(3)19-15)16(20)18-11(2)6-7-17/h4-5,8-9,11H,6H2,1-3H3,(H,18,20)/t11-/m1/s1. The van der Waals surface area contributed by atoms with Crippen molar-refractivity contribution in [3.8, 4) is 6.07 Å². The number of nitriles is 1. The Morgan fingerprint density at radius 3 is 2.85 bits per heavy atom. The lowest BCUT2D eigenvalue weighted by Gasteiger charge is -2.12. The highest BCUT2D eigenvalue weighted by Crippen LogP contribution is 2.18. The van der Waals surface area contributed by atoms with Crippen LogP contribution in [0.2, 0.25) is 0 Å². The Bertz CT molecular complexity index is 701. The third-order valence-electron chi connectivity index (χ3n) is 3.18. The van der Waals surface area contributed by atoms with E-state index in [1.807, 2.05) is 51.1 Å². The maximum Gasteiger partial charge on any atom is 0.253 e. The van der Waals surface area contributed by atoms with E-state index in [0.29, 0.717) is 17.7 Å². The second kappa shape index (κ2) is 5.70. The summed E-state index contributed by atoms with van der Waals surface area (Å²) in [7, 11) is 0. The first-order valence-corrected chi connectivity index (χ1v) is 6.57. The highest BCUT2D eigenvalue weighted by atomic mass is 16.1. The van der Waals surface area contributed by atoms with Crippen LogP contribution in [0.1, 0.15) is 35.0 Å². The van der Waals surface area contributed by atoms with Crippen LogP contribution < -0.4 is 5.32 Å². The number of fused-ring (bicyclic) bond motifs is 1. The van der Waals surface area contributed by atoms with E-state index in [9.17, 15) is 4.79 Å². The number of aryl methyl sites for hydroxylation is 2. The van der Waals surface area contributed by atoms with Gasteiger partial charge in [-0.3, -0.25) is 9.78 Å². The number of nitrogens with one attached hydrogen (secondary N) is 1. The molecular weight excluding hydrogens is 250 g/mol. The quantitative estimate of drug-likeness (QED) is 0.929. The number of hydrogen-bond donors (Lipinski definition) is 1. The Labute approximate surface area is 118 Å². The smallest absolute Gasteiger partial charge is 0.253 e. The van der Waals surface area contributed by atoms with Crippen molar-refractivity contribution >= 4 is 16.8 Å². The zero-order chi connectivity index (χ0) is 14.7. The predicted molar refractivity (Wildman–Crippen MR) is 78.4 cm³/mol. The van der Waals surface area contributed by atoms with Crippen molar-refractivity contribution in [3.63, 3.8) is 0 Å². The molecule has 1 amide bonds. The van der Waals surface area contributed by atoms with Crippen LogP contribution in [0.4, 0.5) is 0 Å². The van der Waals surface area contributed by atoms with Crippen LogP contribution >= 0.6 is 0 Å². The molecule has 0 unspecified atom stereocenters. The van der Waals surface area contributed by atoms with E-state index in [-0.39, 0.29) is 11.9 Å². The van der Waals surface area contributed by atoms with Gasteiger partial charge in [0.15, 0.2) is 0 Å². The van der Waals surface area contributed by atoms with Crippen molar-refractivity contribution in [2.75, 3.05) is 0 Å². The lowest BCUT2D eigenvalue weighted by atomic mass is 10.1. The monoisotopic (exact) mass is 267 g/mol. The number of amides is 1. The highest BCUT2D eigenvalue weighted by Gasteiger charge is 2.14. The summed E-state index contributed by atoms with van der Waals surface area (Å²) in [4.78, 5) is 16.7. The van der Waals surface area contributed by atoms with Gasteiger partial charge < -0.3 is 5.32 Å². The van der Waals surface area contributed by atoms with Gasteiger partial charge in [0.05, 0.1) is 29.3 Å². The van der Waals surface area contributed by atoms with E-state index in [1.54, 1.807) is 0 Å². The second-order valence-corrected chi connectivity index (χ2v) is 5.05. The van der Waals surface area contributed by atoms with Gasteiger partial charge in [-0.05, 0) is 39.0 Å². The average Bonchev–Trinajstić information content (AvgIpc) is 2.38. The second-order valence-electron chi connectivity index (χ2n) is 5.05. The number of benzene rings is 1. The fourth-order valence-corrected chi connectivity index (χ4v) is 2.11. The maximum absolute atomic E-state index is 12.2. The van der Waals surface area contributed by atoms with E-state index < -0.39 is 0 Å². The molecule has 102 valence electrons. The molecule has 1 N–H and O–H groups in total. The van der Waals surface area contributed by atoms with E-state index in [1.165, 1.54) is 0 Å². The minimum atomic E-state index is -0.179. The fraction of sp³-hybridized carbons (Fsp3) is 0.312. The van der Waals surface area contributed by atoms with Crippen LogP contribution in [0, 0.1) is 25.2 Å². The first-order chi connectivity index (χ1) is 9.51. The molecule has 0 spiro atoms.